The summed E-state index contributed by atoms with van der Waals surface area (Å²) in [6.07, 6.45) is 12.0. The molecular formula is C30H46Cl2N2. The Balaban J connectivity index is 0.000000440. The average molecular weight is 506 g/mol. The number of benzene rings is 2. The maximum Gasteiger partial charge on any atom is 0.0602 e. The van der Waals surface area contributed by atoms with Gasteiger partial charge in [0.25, 0.3) is 0 Å². The standard InChI is InChI=1S/C23H31ClN2.C7H15Cl/c1-2-3-4-8-15-25-16-18-26(19-17-25)23(20-9-6-5-7-10-20)21-11-13-22(24)14-12-21;1-2-3-4-5-6-7-8/h5-7,9-14,23H,2-4,8,15-19H2,1H3;2-7H2,1H3. The SMILES string of the molecule is CCCCCCCCl.CCCCCCN1CCN(C(c2ccccc2)c2ccc(Cl)cc2)CC1. The van der Waals surface area contributed by atoms with E-state index in [1.165, 1.54) is 88.5 Å². The summed E-state index contributed by atoms with van der Waals surface area (Å²) in [6, 6.07) is 19.6. The van der Waals surface area contributed by atoms with E-state index in [2.05, 4.69) is 66.1 Å². The lowest BCUT2D eigenvalue weighted by molar-refractivity contribution is 0.108. The van der Waals surface area contributed by atoms with Gasteiger partial charge < -0.3 is 4.90 Å². The molecule has 0 bridgehead atoms. The van der Waals surface area contributed by atoms with Gasteiger partial charge in [0.1, 0.15) is 0 Å². The summed E-state index contributed by atoms with van der Waals surface area (Å²) < 4.78 is 0. The summed E-state index contributed by atoms with van der Waals surface area (Å²) in [5.41, 5.74) is 2.70. The Morgan fingerprint density at radius 2 is 1.24 bits per heavy atom. The molecule has 34 heavy (non-hydrogen) atoms. The first kappa shape index (κ1) is 29.2. The zero-order chi connectivity index (χ0) is 24.4. The molecule has 0 spiro atoms. The molecule has 1 aliphatic heterocycles. The molecule has 2 nitrogen and oxygen atoms in total. The van der Waals surface area contributed by atoms with E-state index in [4.69, 9.17) is 23.2 Å². The number of nitrogens with zero attached hydrogens (tertiary/aromatic N) is 2. The molecule has 1 aliphatic rings. The number of piperazine rings is 1. The fourth-order valence-electron chi connectivity index (χ4n) is 4.60. The van der Waals surface area contributed by atoms with Gasteiger partial charge >= 0.3 is 0 Å². The third-order valence-electron chi connectivity index (χ3n) is 6.64. The van der Waals surface area contributed by atoms with Gasteiger partial charge in [-0.3, -0.25) is 4.90 Å². The maximum atomic E-state index is 6.12. The third-order valence-corrected chi connectivity index (χ3v) is 7.16. The minimum absolute atomic E-state index is 0.315. The predicted molar refractivity (Wildman–Crippen MR) is 151 cm³/mol. The summed E-state index contributed by atoms with van der Waals surface area (Å²) in [6.45, 7) is 10.3. The number of hydrogen-bond acceptors (Lipinski definition) is 2. The predicted octanol–water partition coefficient (Wildman–Crippen LogP) is 8.82. The van der Waals surface area contributed by atoms with Gasteiger partial charge in [-0.2, -0.15) is 0 Å². The Labute approximate surface area is 219 Å². The first-order valence-electron chi connectivity index (χ1n) is 13.5. The van der Waals surface area contributed by atoms with Crippen molar-refractivity contribution in [2.45, 2.75) is 77.7 Å². The molecule has 0 aromatic heterocycles. The Morgan fingerprint density at radius 3 is 1.82 bits per heavy atom. The zero-order valence-electron chi connectivity index (χ0n) is 21.5. The number of rotatable bonds is 13. The van der Waals surface area contributed by atoms with E-state index in [0.717, 1.165) is 24.0 Å². The zero-order valence-corrected chi connectivity index (χ0v) is 23.0. The fraction of sp³-hybridized carbons (Fsp3) is 0.600. The molecule has 3 rings (SSSR count). The van der Waals surface area contributed by atoms with Crippen LogP contribution in [0.3, 0.4) is 0 Å². The van der Waals surface area contributed by atoms with Gasteiger partial charge in [0.2, 0.25) is 0 Å². The van der Waals surface area contributed by atoms with Gasteiger partial charge in [-0.1, -0.05) is 113 Å². The van der Waals surface area contributed by atoms with Crippen LogP contribution in [0.15, 0.2) is 54.6 Å². The van der Waals surface area contributed by atoms with Gasteiger partial charge in [-0.25, -0.2) is 0 Å². The van der Waals surface area contributed by atoms with Crippen LogP contribution < -0.4 is 0 Å². The molecule has 0 radical (unpaired) electrons. The highest BCUT2D eigenvalue weighted by Crippen LogP contribution is 2.30. The number of unbranched alkanes of at least 4 members (excludes halogenated alkanes) is 7. The monoisotopic (exact) mass is 504 g/mol. The van der Waals surface area contributed by atoms with Crippen molar-refractivity contribution in [1.29, 1.82) is 0 Å². The molecular weight excluding hydrogens is 459 g/mol. The summed E-state index contributed by atoms with van der Waals surface area (Å²) in [5, 5.41) is 0.803. The van der Waals surface area contributed by atoms with E-state index < -0.39 is 0 Å². The first-order chi connectivity index (χ1) is 16.7. The molecule has 0 N–H and O–H groups in total. The number of hydrogen-bond donors (Lipinski definition) is 0. The van der Waals surface area contributed by atoms with Crippen molar-refractivity contribution in [3.63, 3.8) is 0 Å². The minimum Gasteiger partial charge on any atom is -0.301 e. The van der Waals surface area contributed by atoms with Crippen molar-refractivity contribution < 1.29 is 0 Å². The van der Waals surface area contributed by atoms with Crippen LogP contribution in [-0.2, 0) is 0 Å². The number of alkyl halides is 1. The lowest BCUT2D eigenvalue weighted by atomic mass is 9.96. The largest absolute Gasteiger partial charge is 0.301 e. The summed E-state index contributed by atoms with van der Waals surface area (Å²) >= 11 is 11.6. The highest BCUT2D eigenvalue weighted by atomic mass is 35.5. The highest BCUT2D eigenvalue weighted by molar-refractivity contribution is 6.30. The van der Waals surface area contributed by atoms with Crippen LogP contribution in [0.1, 0.15) is 88.8 Å². The molecule has 4 heteroatoms. The van der Waals surface area contributed by atoms with Gasteiger partial charge in [-0.05, 0) is 42.6 Å². The molecule has 2 aromatic carbocycles. The molecule has 1 fully saturated rings. The Bertz CT molecular complexity index is 721. The van der Waals surface area contributed by atoms with Gasteiger partial charge in [0.15, 0.2) is 0 Å². The van der Waals surface area contributed by atoms with Crippen LogP contribution >= 0.6 is 23.2 Å². The first-order valence-corrected chi connectivity index (χ1v) is 14.4. The van der Waals surface area contributed by atoms with Crippen molar-refractivity contribution in [2.75, 3.05) is 38.6 Å². The van der Waals surface area contributed by atoms with Crippen LogP contribution in [0, 0.1) is 0 Å². The van der Waals surface area contributed by atoms with Crippen LogP contribution in [0.2, 0.25) is 5.02 Å². The second-order valence-electron chi connectivity index (χ2n) is 9.41. The van der Waals surface area contributed by atoms with Crippen molar-refractivity contribution in [1.82, 2.24) is 9.80 Å². The van der Waals surface area contributed by atoms with Crippen LogP contribution in [0.4, 0.5) is 0 Å². The molecule has 190 valence electrons. The van der Waals surface area contributed by atoms with Crippen LogP contribution in [0.5, 0.6) is 0 Å². The van der Waals surface area contributed by atoms with Gasteiger partial charge in [0, 0.05) is 37.1 Å². The van der Waals surface area contributed by atoms with Crippen molar-refractivity contribution in [2.24, 2.45) is 0 Å². The minimum atomic E-state index is 0.315. The number of halogens is 2. The molecule has 0 amide bonds. The highest BCUT2D eigenvalue weighted by Gasteiger charge is 2.26. The lowest BCUT2D eigenvalue weighted by Gasteiger charge is -2.40. The van der Waals surface area contributed by atoms with Gasteiger partial charge in [0.05, 0.1) is 6.04 Å². The summed E-state index contributed by atoms with van der Waals surface area (Å²) in [7, 11) is 0. The molecule has 0 aliphatic carbocycles. The lowest BCUT2D eigenvalue weighted by Crippen LogP contribution is -2.48. The van der Waals surface area contributed by atoms with Crippen molar-refractivity contribution >= 4 is 23.2 Å². The van der Waals surface area contributed by atoms with Crippen molar-refractivity contribution in [3.8, 4) is 0 Å². The molecule has 1 atom stereocenters. The second-order valence-corrected chi connectivity index (χ2v) is 10.2. The van der Waals surface area contributed by atoms with E-state index in [-0.39, 0.29) is 0 Å². The van der Waals surface area contributed by atoms with Crippen LogP contribution in [-0.4, -0.2) is 48.4 Å². The smallest absolute Gasteiger partial charge is 0.0602 e. The molecule has 2 aromatic rings. The average Bonchev–Trinajstić information content (AvgIpc) is 2.88. The van der Waals surface area contributed by atoms with E-state index >= 15 is 0 Å². The fourth-order valence-corrected chi connectivity index (χ4v) is 4.91. The Morgan fingerprint density at radius 1 is 0.676 bits per heavy atom. The second kappa shape index (κ2) is 18.2. The summed E-state index contributed by atoms with van der Waals surface area (Å²) in [5.74, 6) is 0.837. The van der Waals surface area contributed by atoms with Gasteiger partial charge in [-0.15, -0.1) is 11.6 Å². The molecule has 1 saturated heterocycles. The van der Waals surface area contributed by atoms with E-state index in [0.29, 0.717) is 6.04 Å². The normalized spacial score (nSPS) is 15.5. The Hall–Kier alpha value is -1.06. The molecule has 1 heterocycles. The van der Waals surface area contributed by atoms with E-state index in [1.54, 1.807) is 0 Å². The van der Waals surface area contributed by atoms with Crippen LogP contribution in [0.25, 0.3) is 0 Å². The quantitative estimate of drug-likeness (QED) is 0.198. The molecule has 0 saturated carbocycles. The third kappa shape index (κ3) is 11.1. The summed E-state index contributed by atoms with van der Waals surface area (Å²) in [4.78, 5) is 5.26. The maximum absolute atomic E-state index is 6.12. The molecule has 1 unspecified atom stereocenters. The van der Waals surface area contributed by atoms with E-state index in [1.807, 2.05) is 12.1 Å². The topological polar surface area (TPSA) is 6.48 Å². The Kier molecular flexibility index (Phi) is 15.7. The van der Waals surface area contributed by atoms with Crippen molar-refractivity contribution in [3.05, 3.63) is 70.7 Å². The van der Waals surface area contributed by atoms with E-state index in [9.17, 15) is 0 Å².